The molecule has 0 spiro atoms. The van der Waals surface area contributed by atoms with Gasteiger partial charge < -0.3 is 19.5 Å². The second-order valence-electron chi connectivity index (χ2n) is 6.58. The zero-order valence-electron chi connectivity index (χ0n) is 16.2. The molecular weight excluding hydrogens is 377 g/mol. The lowest BCUT2D eigenvalue weighted by Crippen LogP contribution is -2.25. The van der Waals surface area contributed by atoms with E-state index in [2.05, 4.69) is 10.3 Å². The second-order valence-corrected chi connectivity index (χ2v) is 6.58. The van der Waals surface area contributed by atoms with Gasteiger partial charge in [0.1, 0.15) is 23.7 Å². The highest BCUT2D eigenvalue weighted by atomic mass is 19.1. The van der Waals surface area contributed by atoms with Crippen LogP contribution in [0.4, 0.5) is 10.2 Å². The lowest BCUT2D eigenvalue weighted by atomic mass is 9.88. The van der Waals surface area contributed by atoms with Gasteiger partial charge in [-0.2, -0.15) is 0 Å². The Bertz CT molecular complexity index is 1080. The van der Waals surface area contributed by atoms with Gasteiger partial charge >= 0.3 is 0 Å². The number of benzene rings is 2. The third kappa shape index (κ3) is 3.26. The zero-order valence-corrected chi connectivity index (χ0v) is 16.2. The molecule has 150 valence electrons. The van der Waals surface area contributed by atoms with E-state index in [9.17, 15) is 9.18 Å². The number of hydrogen-bond acceptors (Lipinski definition) is 5. The molecule has 1 aromatic heterocycles. The van der Waals surface area contributed by atoms with Crippen LogP contribution >= 0.6 is 0 Å². The number of rotatable bonds is 5. The Kier molecular flexibility index (Phi) is 4.84. The number of methoxy groups -OCH3 is 3. The quantitative estimate of drug-likeness (QED) is 0.713. The summed E-state index contributed by atoms with van der Waals surface area (Å²) in [5, 5.41) is 2.86. The second kappa shape index (κ2) is 7.46. The van der Waals surface area contributed by atoms with Gasteiger partial charge in [-0.1, -0.05) is 6.07 Å². The van der Waals surface area contributed by atoms with Crippen molar-refractivity contribution in [1.29, 1.82) is 0 Å². The van der Waals surface area contributed by atoms with E-state index < -0.39 is 0 Å². The molecule has 2 aromatic carbocycles. The summed E-state index contributed by atoms with van der Waals surface area (Å²) in [4.78, 5) is 17.0. The summed E-state index contributed by atoms with van der Waals surface area (Å²) in [5.41, 5.74) is 1.99. The SMILES string of the molecule is COc1cc(OC)c([C@@H]2CC(=O)Nc3c2ncn3-c2cccc(F)c2)cc1OC. The number of halogens is 1. The maximum absolute atomic E-state index is 13.7. The van der Waals surface area contributed by atoms with Gasteiger partial charge in [0.05, 0.1) is 32.7 Å². The molecule has 1 amide bonds. The summed E-state index contributed by atoms with van der Waals surface area (Å²) in [5.74, 6) is 1.23. The van der Waals surface area contributed by atoms with Gasteiger partial charge in [0, 0.05) is 24.0 Å². The molecule has 0 bridgehead atoms. The van der Waals surface area contributed by atoms with E-state index in [1.54, 1.807) is 56.5 Å². The number of ether oxygens (including phenoxy) is 3. The Morgan fingerprint density at radius 3 is 2.48 bits per heavy atom. The molecular formula is C21H20FN3O4. The molecule has 7 nitrogen and oxygen atoms in total. The molecule has 29 heavy (non-hydrogen) atoms. The maximum atomic E-state index is 13.7. The van der Waals surface area contributed by atoms with Gasteiger partial charge in [-0.05, 0) is 24.3 Å². The van der Waals surface area contributed by atoms with Crippen molar-refractivity contribution in [3.8, 4) is 22.9 Å². The highest BCUT2D eigenvalue weighted by molar-refractivity contribution is 5.94. The van der Waals surface area contributed by atoms with Crippen molar-refractivity contribution in [2.45, 2.75) is 12.3 Å². The van der Waals surface area contributed by atoms with Crippen LogP contribution < -0.4 is 19.5 Å². The van der Waals surface area contributed by atoms with Crippen LogP contribution in [0.2, 0.25) is 0 Å². The van der Waals surface area contributed by atoms with Crippen LogP contribution in [-0.4, -0.2) is 36.8 Å². The highest BCUT2D eigenvalue weighted by Gasteiger charge is 2.33. The monoisotopic (exact) mass is 397 g/mol. The van der Waals surface area contributed by atoms with Gasteiger partial charge in [0.25, 0.3) is 0 Å². The minimum atomic E-state index is -0.370. The minimum absolute atomic E-state index is 0.169. The van der Waals surface area contributed by atoms with E-state index >= 15 is 0 Å². The first-order valence-corrected chi connectivity index (χ1v) is 8.98. The van der Waals surface area contributed by atoms with Gasteiger partial charge in [0.2, 0.25) is 5.91 Å². The molecule has 0 saturated heterocycles. The van der Waals surface area contributed by atoms with Crippen LogP contribution in [0.25, 0.3) is 5.69 Å². The average molecular weight is 397 g/mol. The fraction of sp³-hybridized carbons (Fsp3) is 0.238. The van der Waals surface area contributed by atoms with Crippen molar-refractivity contribution < 1.29 is 23.4 Å². The number of hydrogen-bond donors (Lipinski definition) is 1. The van der Waals surface area contributed by atoms with Crippen molar-refractivity contribution in [3.63, 3.8) is 0 Å². The van der Waals surface area contributed by atoms with Crippen LogP contribution in [0.3, 0.4) is 0 Å². The predicted octanol–water partition coefficient (Wildman–Crippen LogP) is 3.51. The third-order valence-corrected chi connectivity index (χ3v) is 4.97. The Morgan fingerprint density at radius 1 is 1.07 bits per heavy atom. The van der Waals surface area contributed by atoms with Gasteiger partial charge in [-0.25, -0.2) is 9.37 Å². The average Bonchev–Trinajstić information content (AvgIpc) is 3.15. The largest absolute Gasteiger partial charge is 0.496 e. The Hall–Kier alpha value is -3.55. The van der Waals surface area contributed by atoms with E-state index in [-0.39, 0.29) is 24.1 Å². The molecule has 4 rings (SSSR count). The zero-order chi connectivity index (χ0) is 20.5. The molecule has 0 aliphatic carbocycles. The highest BCUT2D eigenvalue weighted by Crippen LogP contribution is 2.44. The molecule has 2 heterocycles. The number of fused-ring (bicyclic) bond motifs is 1. The van der Waals surface area contributed by atoms with Gasteiger partial charge in [-0.3, -0.25) is 9.36 Å². The van der Waals surface area contributed by atoms with E-state index in [4.69, 9.17) is 14.2 Å². The summed E-state index contributed by atoms with van der Waals surface area (Å²) in [7, 11) is 4.65. The standard InChI is InChI=1S/C21H20FN3O4/c1-27-16-10-18(29-3)17(28-2)8-14(16)15-9-19(26)24-21-20(15)23-11-25(21)13-6-4-5-12(22)7-13/h4-8,10-11,15H,9H2,1-3H3,(H,24,26)/t15-/m0/s1. The molecule has 3 aromatic rings. The lowest BCUT2D eigenvalue weighted by molar-refractivity contribution is -0.116. The minimum Gasteiger partial charge on any atom is -0.496 e. The molecule has 1 N–H and O–H groups in total. The lowest BCUT2D eigenvalue weighted by Gasteiger charge is -2.25. The molecule has 1 aliphatic heterocycles. The van der Waals surface area contributed by atoms with Crippen molar-refractivity contribution in [2.24, 2.45) is 0 Å². The summed E-state index contributed by atoms with van der Waals surface area (Å²) < 4.78 is 31.7. The van der Waals surface area contributed by atoms with Crippen molar-refractivity contribution in [2.75, 3.05) is 26.6 Å². The van der Waals surface area contributed by atoms with E-state index in [1.807, 2.05) is 0 Å². The smallest absolute Gasteiger partial charge is 0.226 e. The number of aromatic nitrogens is 2. The van der Waals surface area contributed by atoms with Crippen molar-refractivity contribution >= 4 is 11.7 Å². The fourth-order valence-electron chi connectivity index (χ4n) is 3.61. The van der Waals surface area contributed by atoms with Gasteiger partial charge in [0.15, 0.2) is 11.5 Å². The Balaban J connectivity index is 1.86. The molecule has 0 saturated carbocycles. The molecule has 0 fully saturated rings. The van der Waals surface area contributed by atoms with E-state index in [0.29, 0.717) is 34.4 Å². The number of carbonyl (C=O) groups is 1. The first kappa shape index (κ1) is 18.8. The van der Waals surface area contributed by atoms with Crippen molar-refractivity contribution in [3.05, 3.63) is 59.8 Å². The maximum Gasteiger partial charge on any atom is 0.226 e. The molecule has 1 atom stereocenters. The van der Waals surface area contributed by atoms with Gasteiger partial charge in [-0.15, -0.1) is 0 Å². The Morgan fingerprint density at radius 2 is 1.79 bits per heavy atom. The van der Waals surface area contributed by atoms with Crippen molar-refractivity contribution in [1.82, 2.24) is 9.55 Å². The number of nitrogens with one attached hydrogen (secondary N) is 1. The molecule has 0 unspecified atom stereocenters. The van der Waals surface area contributed by atoms with E-state index in [1.165, 1.54) is 12.1 Å². The Labute approximate surface area is 167 Å². The number of imidazole rings is 1. The van der Waals surface area contributed by atoms with Crippen LogP contribution in [-0.2, 0) is 4.79 Å². The number of carbonyl (C=O) groups excluding carboxylic acids is 1. The normalized spacial score (nSPS) is 15.4. The summed E-state index contributed by atoms with van der Waals surface area (Å²) in [6.45, 7) is 0. The molecule has 8 heteroatoms. The van der Waals surface area contributed by atoms with Crippen LogP contribution in [0, 0.1) is 5.82 Å². The van der Waals surface area contributed by atoms with E-state index in [0.717, 1.165) is 5.56 Å². The summed E-state index contributed by atoms with van der Waals surface area (Å²) in [6.07, 6.45) is 1.77. The first-order valence-electron chi connectivity index (χ1n) is 8.98. The predicted molar refractivity (Wildman–Crippen MR) is 105 cm³/mol. The molecule has 0 radical (unpaired) electrons. The topological polar surface area (TPSA) is 74.6 Å². The number of nitrogens with zero attached hydrogens (tertiary/aromatic N) is 2. The van der Waals surface area contributed by atoms with Crippen LogP contribution in [0.1, 0.15) is 23.6 Å². The van der Waals surface area contributed by atoms with Crippen LogP contribution in [0.15, 0.2) is 42.7 Å². The summed E-state index contributed by atoms with van der Waals surface area (Å²) in [6, 6.07) is 9.63. The first-order chi connectivity index (χ1) is 14.0. The number of anilines is 1. The fourth-order valence-corrected chi connectivity index (χ4v) is 3.61. The van der Waals surface area contributed by atoms with Crippen LogP contribution in [0.5, 0.6) is 17.2 Å². The summed E-state index contributed by atoms with van der Waals surface area (Å²) >= 11 is 0. The third-order valence-electron chi connectivity index (χ3n) is 4.97. The molecule has 1 aliphatic rings. The number of amides is 1.